The van der Waals surface area contributed by atoms with Gasteiger partial charge in [0.05, 0.1) is 0 Å². The molecule has 0 aliphatic carbocycles. The average Bonchev–Trinajstić information content (AvgIpc) is 1.61. The average molecular weight is 268 g/mol. The van der Waals surface area contributed by atoms with Crippen LogP contribution in [0.25, 0.3) is 0 Å². The molecule has 0 atom stereocenters. The molecule has 0 spiro atoms. The number of rotatable bonds is 2. The van der Waals surface area contributed by atoms with Crippen molar-refractivity contribution < 1.29 is 0 Å². The Morgan fingerprint density at radius 2 is 2.29 bits per heavy atom. The molecule has 0 rings (SSSR count). The maximum absolute atomic E-state index is 3.50. The first-order valence-electron chi connectivity index (χ1n) is 2.24. The van der Waals surface area contributed by atoms with Gasteiger partial charge in [0.25, 0.3) is 0 Å². The molecule has 0 unspecified atom stereocenters. The van der Waals surface area contributed by atoms with Crippen molar-refractivity contribution in [2.75, 3.05) is 0 Å². The Labute approximate surface area is 61.4 Å². The van der Waals surface area contributed by atoms with Crippen molar-refractivity contribution in [2.24, 2.45) is 0 Å². The summed E-state index contributed by atoms with van der Waals surface area (Å²) < 4.78 is 1.33. The van der Waals surface area contributed by atoms with Crippen molar-refractivity contribution in [1.82, 2.24) is 0 Å². The second-order valence-electron chi connectivity index (χ2n) is 1.62. The minimum absolute atomic E-state index is 0.111. The first-order chi connectivity index (χ1) is 3.27. The van der Waals surface area contributed by atoms with Crippen molar-refractivity contribution in [3.8, 4) is 0 Å². The van der Waals surface area contributed by atoms with E-state index in [1.165, 1.54) is 10.0 Å². The Kier molecular flexibility index (Phi) is 5.91. The van der Waals surface area contributed by atoms with Gasteiger partial charge in [-0.1, -0.05) is 0 Å². The van der Waals surface area contributed by atoms with Gasteiger partial charge in [0.1, 0.15) is 0 Å². The van der Waals surface area contributed by atoms with E-state index in [4.69, 9.17) is 0 Å². The molecule has 0 aromatic rings. The summed E-state index contributed by atoms with van der Waals surface area (Å²) in [5.74, 6) is 0. The Hall–Kier alpha value is 1.02. The van der Waals surface area contributed by atoms with Crippen molar-refractivity contribution in [1.29, 1.82) is 0 Å². The summed E-state index contributed by atoms with van der Waals surface area (Å²) in [5.41, 5.74) is 1.44. The summed E-state index contributed by atoms with van der Waals surface area (Å²) in [6, 6.07) is 0. The van der Waals surface area contributed by atoms with Gasteiger partial charge in [0.2, 0.25) is 0 Å². The molecule has 0 bridgehead atoms. The van der Waals surface area contributed by atoms with E-state index in [9.17, 15) is 0 Å². The van der Waals surface area contributed by atoms with Gasteiger partial charge in [-0.25, -0.2) is 0 Å². The van der Waals surface area contributed by atoms with E-state index in [0.29, 0.717) is 0 Å². The van der Waals surface area contributed by atoms with E-state index >= 15 is 0 Å². The maximum atomic E-state index is 3.50. The normalized spacial score (nSPS) is 7.29. The van der Waals surface area contributed by atoms with Crippen LogP contribution in [0.3, 0.4) is 0 Å². The van der Waals surface area contributed by atoms with Gasteiger partial charge in [-0.15, -0.1) is 0 Å². The third-order valence-corrected chi connectivity index (χ3v) is 3.78. The van der Waals surface area contributed by atoms with Crippen LogP contribution in [-0.2, 0) is 0 Å². The molecule has 0 nitrogen and oxygen atoms in total. The quantitative estimate of drug-likeness (QED) is 0.532. The van der Waals surface area contributed by atoms with Crippen molar-refractivity contribution in [2.45, 2.75) is 18.3 Å². The summed E-state index contributed by atoms with van der Waals surface area (Å²) >= 11 is 3.39. The predicted octanol–water partition coefficient (Wildman–Crippen LogP) is 2.39. The molecule has 0 saturated heterocycles. The van der Waals surface area contributed by atoms with Crippen LogP contribution in [0.4, 0.5) is 0 Å². The van der Waals surface area contributed by atoms with E-state index in [2.05, 4.69) is 32.6 Å². The van der Waals surface area contributed by atoms with Gasteiger partial charge in [-0.05, 0) is 0 Å². The molecule has 38 valence electrons. The zero-order valence-electron chi connectivity index (χ0n) is 4.66. The monoisotopic (exact) mass is 268 g/mol. The fourth-order valence-corrected chi connectivity index (χ4v) is 2.71. The molecule has 0 aromatic carbocycles. The van der Waals surface area contributed by atoms with Crippen LogP contribution in [0, 0.1) is 0 Å². The standard InChI is InChI=1S/C5H9.BrH.Sn/c1-4-5(2)3;;/h4H,1H2,2-3H3;1H;/q;;+3/p-1. The van der Waals surface area contributed by atoms with Gasteiger partial charge in [0, 0.05) is 0 Å². The van der Waals surface area contributed by atoms with E-state index in [0.717, 1.165) is 0 Å². The molecule has 0 radical (unpaired) electrons. The molecule has 0 amide bonds. The Morgan fingerprint density at radius 1 is 1.71 bits per heavy atom. The molecule has 0 aliphatic rings. The van der Waals surface area contributed by atoms with Crippen LogP contribution in [0.5, 0.6) is 0 Å². The summed E-state index contributed by atoms with van der Waals surface area (Å²) in [5, 5.41) is 0. The number of hydrogen-bond acceptors (Lipinski definition) is 0. The second kappa shape index (κ2) is 5.16. The zero-order chi connectivity index (χ0) is 5.70. The molecule has 2 heteroatoms. The van der Waals surface area contributed by atoms with E-state index in [1.54, 1.807) is 0 Å². The van der Waals surface area contributed by atoms with Gasteiger partial charge in [-0.2, -0.15) is 0 Å². The number of allylic oxidation sites excluding steroid dienone is 2. The zero-order valence-corrected chi connectivity index (χ0v) is 9.10. The van der Waals surface area contributed by atoms with Crippen molar-refractivity contribution in [3.05, 3.63) is 11.6 Å². The molecule has 0 aliphatic heterocycles. The van der Waals surface area contributed by atoms with Crippen molar-refractivity contribution >= 4 is 31.6 Å². The summed E-state index contributed by atoms with van der Waals surface area (Å²) in [4.78, 5) is 0. The third-order valence-electron chi connectivity index (χ3n) is 0.587. The van der Waals surface area contributed by atoms with Crippen LogP contribution in [0.2, 0.25) is 4.44 Å². The fourth-order valence-electron chi connectivity index (χ4n) is 0.243. The Bertz CT molecular complexity index is 64.5. The fraction of sp³-hybridized carbons (Fsp3) is 0.600. The second-order valence-corrected chi connectivity index (χ2v) is 7.31. The van der Waals surface area contributed by atoms with E-state index < -0.39 is 0 Å². The minimum atomic E-state index is -0.111. The number of hydrogen-bond donors (Lipinski definition) is 0. The molecular formula is C5H9BrSn+2. The first kappa shape index (κ1) is 8.02. The van der Waals surface area contributed by atoms with Gasteiger partial charge >= 0.3 is 61.6 Å². The molecule has 0 aromatic heterocycles. The SMILES string of the molecule is CC(C)=C[CH2][Sn+2][Br]. The molecule has 0 heterocycles. The van der Waals surface area contributed by atoms with E-state index in [-0.39, 0.29) is 18.9 Å². The van der Waals surface area contributed by atoms with Crippen LogP contribution in [0.15, 0.2) is 11.6 Å². The van der Waals surface area contributed by atoms with Crippen LogP contribution in [-0.4, -0.2) is 18.9 Å². The molecule has 0 fully saturated rings. The summed E-state index contributed by atoms with van der Waals surface area (Å²) in [6.45, 7) is 4.28. The third kappa shape index (κ3) is 7.02. The first-order valence-corrected chi connectivity index (χ1v) is 10.7. The predicted molar refractivity (Wildman–Crippen MR) is 38.9 cm³/mol. The Morgan fingerprint density at radius 3 is 2.43 bits per heavy atom. The van der Waals surface area contributed by atoms with Gasteiger partial charge in [0.15, 0.2) is 0 Å². The van der Waals surface area contributed by atoms with Gasteiger partial charge in [-0.3, -0.25) is 0 Å². The van der Waals surface area contributed by atoms with E-state index in [1.807, 2.05) is 0 Å². The van der Waals surface area contributed by atoms with Crippen LogP contribution >= 0.6 is 12.7 Å². The Balaban J connectivity index is 3.08. The topological polar surface area (TPSA) is 0 Å². The molecule has 0 saturated carbocycles. The van der Waals surface area contributed by atoms with Crippen LogP contribution < -0.4 is 0 Å². The number of halogens is 1. The molecule has 7 heavy (non-hydrogen) atoms. The van der Waals surface area contributed by atoms with Gasteiger partial charge < -0.3 is 0 Å². The molecule has 0 N–H and O–H groups in total. The van der Waals surface area contributed by atoms with Crippen LogP contribution in [0.1, 0.15) is 13.8 Å². The summed E-state index contributed by atoms with van der Waals surface area (Å²) in [6.07, 6.45) is 2.29. The molecular weight excluding hydrogens is 259 g/mol. The van der Waals surface area contributed by atoms with Crippen molar-refractivity contribution in [3.63, 3.8) is 0 Å². The summed E-state index contributed by atoms with van der Waals surface area (Å²) in [7, 11) is 0.